The highest BCUT2D eigenvalue weighted by Crippen LogP contribution is 2.37. The molecule has 0 saturated heterocycles. The second-order valence-corrected chi connectivity index (χ2v) is 9.41. The van der Waals surface area contributed by atoms with Crippen LogP contribution in [0.2, 0.25) is 0 Å². The van der Waals surface area contributed by atoms with Gasteiger partial charge in [0, 0.05) is 18.0 Å². The molecule has 0 unspecified atom stereocenters. The number of aryl methyl sites for hydroxylation is 1. The van der Waals surface area contributed by atoms with Gasteiger partial charge >= 0.3 is 0 Å². The summed E-state index contributed by atoms with van der Waals surface area (Å²) in [4.78, 5) is 9.43. The number of nitrogens with zero attached hydrogens (tertiary/aromatic N) is 2. The first kappa shape index (κ1) is 23.0. The molecule has 1 aliphatic carbocycles. The Labute approximate surface area is 184 Å². The van der Waals surface area contributed by atoms with Crippen LogP contribution in [0.4, 0.5) is 0 Å². The summed E-state index contributed by atoms with van der Waals surface area (Å²) >= 11 is 0. The maximum absolute atomic E-state index is 4.72. The van der Waals surface area contributed by atoms with Crippen LogP contribution in [0.25, 0.3) is 11.4 Å². The normalized spacial score (nSPS) is 19.1. The molecule has 0 radical (unpaired) electrons. The minimum atomic E-state index is 0.663. The van der Waals surface area contributed by atoms with Crippen LogP contribution in [0.3, 0.4) is 0 Å². The lowest BCUT2D eigenvalue weighted by atomic mass is 9.77. The van der Waals surface area contributed by atoms with Crippen LogP contribution in [0.15, 0.2) is 36.7 Å². The van der Waals surface area contributed by atoms with Crippen molar-refractivity contribution in [2.24, 2.45) is 5.92 Å². The van der Waals surface area contributed by atoms with Crippen molar-refractivity contribution in [3.63, 3.8) is 0 Å². The lowest BCUT2D eigenvalue weighted by Gasteiger charge is -2.28. The molecule has 0 aliphatic heterocycles. The lowest BCUT2D eigenvalue weighted by Crippen LogP contribution is -2.14. The summed E-state index contributed by atoms with van der Waals surface area (Å²) in [6.45, 7) is 4.55. The van der Waals surface area contributed by atoms with Crippen molar-refractivity contribution in [2.45, 2.75) is 110 Å². The Hall–Kier alpha value is -1.70. The van der Waals surface area contributed by atoms with E-state index in [-0.39, 0.29) is 0 Å². The zero-order valence-electron chi connectivity index (χ0n) is 19.4. The molecule has 0 amide bonds. The van der Waals surface area contributed by atoms with Crippen molar-refractivity contribution in [2.75, 3.05) is 0 Å². The molecule has 2 aromatic rings. The summed E-state index contributed by atoms with van der Waals surface area (Å²) < 4.78 is 0. The summed E-state index contributed by atoms with van der Waals surface area (Å²) in [7, 11) is 0. The van der Waals surface area contributed by atoms with Crippen LogP contribution in [0.5, 0.6) is 0 Å². The summed E-state index contributed by atoms with van der Waals surface area (Å²) in [5, 5.41) is 0. The molecular weight excluding hydrogens is 364 g/mol. The fourth-order valence-corrected chi connectivity index (χ4v) is 4.92. The van der Waals surface area contributed by atoms with Crippen LogP contribution < -0.4 is 0 Å². The van der Waals surface area contributed by atoms with Crippen LogP contribution in [-0.4, -0.2) is 9.97 Å². The summed E-state index contributed by atoms with van der Waals surface area (Å²) in [5.41, 5.74) is 3.90. The predicted molar refractivity (Wildman–Crippen MR) is 129 cm³/mol. The maximum atomic E-state index is 4.72. The molecule has 1 aliphatic rings. The maximum Gasteiger partial charge on any atom is 0.159 e. The summed E-state index contributed by atoms with van der Waals surface area (Å²) in [5.74, 6) is 2.48. The van der Waals surface area contributed by atoms with Crippen LogP contribution in [0.1, 0.15) is 114 Å². The van der Waals surface area contributed by atoms with Crippen molar-refractivity contribution in [3.05, 3.63) is 47.8 Å². The zero-order valence-corrected chi connectivity index (χ0v) is 19.4. The average molecular weight is 407 g/mol. The average Bonchev–Trinajstić information content (AvgIpc) is 2.80. The van der Waals surface area contributed by atoms with Gasteiger partial charge in [0.05, 0.1) is 0 Å². The van der Waals surface area contributed by atoms with E-state index < -0.39 is 0 Å². The van der Waals surface area contributed by atoms with Gasteiger partial charge in [-0.3, -0.25) is 0 Å². The van der Waals surface area contributed by atoms with Gasteiger partial charge in [0.25, 0.3) is 0 Å². The molecule has 2 nitrogen and oxygen atoms in total. The molecule has 3 rings (SSSR count). The molecular formula is C28H42N2. The van der Waals surface area contributed by atoms with Gasteiger partial charge in [-0.2, -0.15) is 0 Å². The number of unbranched alkanes of at least 4 members (excludes halogenated alkanes) is 6. The highest BCUT2D eigenvalue weighted by atomic mass is 14.9. The second kappa shape index (κ2) is 12.9. The monoisotopic (exact) mass is 406 g/mol. The topological polar surface area (TPSA) is 25.8 Å². The smallest absolute Gasteiger partial charge is 0.159 e. The van der Waals surface area contributed by atoms with E-state index in [1.165, 1.54) is 101 Å². The molecule has 164 valence electrons. The molecule has 1 heterocycles. The molecule has 1 saturated carbocycles. The Balaban J connectivity index is 1.44. The Bertz CT molecular complexity index is 696. The van der Waals surface area contributed by atoms with Crippen molar-refractivity contribution < 1.29 is 0 Å². The van der Waals surface area contributed by atoms with Gasteiger partial charge in [-0.15, -0.1) is 0 Å². The van der Waals surface area contributed by atoms with Crippen LogP contribution in [-0.2, 0) is 6.42 Å². The third-order valence-corrected chi connectivity index (χ3v) is 6.99. The minimum absolute atomic E-state index is 0.663. The second-order valence-electron chi connectivity index (χ2n) is 9.41. The number of hydrogen-bond acceptors (Lipinski definition) is 2. The lowest BCUT2D eigenvalue weighted by molar-refractivity contribution is 0.301. The minimum Gasteiger partial charge on any atom is -0.236 e. The predicted octanol–water partition coefficient (Wildman–Crippen LogP) is 8.51. The van der Waals surface area contributed by atoms with E-state index in [0.717, 1.165) is 17.3 Å². The van der Waals surface area contributed by atoms with Crippen LogP contribution in [0, 0.1) is 5.92 Å². The fourth-order valence-electron chi connectivity index (χ4n) is 4.92. The molecule has 1 fully saturated rings. The first-order valence-corrected chi connectivity index (χ1v) is 12.7. The molecule has 0 spiro atoms. The first-order chi connectivity index (χ1) is 14.8. The van der Waals surface area contributed by atoms with Gasteiger partial charge in [-0.25, -0.2) is 9.97 Å². The molecule has 30 heavy (non-hydrogen) atoms. The van der Waals surface area contributed by atoms with Crippen molar-refractivity contribution in [3.8, 4) is 11.4 Å². The number of aromatic nitrogens is 2. The van der Waals surface area contributed by atoms with E-state index in [1.807, 2.05) is 0 Å². The molecule has 1 aromatic heterocycles. The van der Waals surface area contributed by atoms with Crippen molar-refractivity contribution >= 4 is 0 Å². The summed E-state index contributed by atoms with van der Waals surface area (Å²) in [6, 6.07) is 8.85. The van der Waals surface area contributed by atoms with E-state index in [2.05, 4.69) is 50.5 Å². The third kappa shape index (κ3) is 7.22. The Morgan fingerprint density at radius 3 is 2.03 bits per heavy atom. The van der Waals surface area contributed by atoms with Crippen molar-refractivity contribution in [1.29, 1.82) is 0 Å². The van der Waals surface area contributed by atoms with E-state index in [4.69, 9.17) is 9.97 Å². The zero-order chi connectivity index (χ0) is 21.0. The van der Waals surface area contributed by atoms with E-state index in [1.54, 1.807) is 0 Å². The SMILES string of the molecule is CCCCCCC[C@H]1CC[C@H](c2cnc(-c3ccc(CCCCC)cc3)nc2)CC1. The van der Waals surface area contributed by atoms with Gasteiger partial charge in [0.2, 0.25) is 0 Å². The largest absolute Gasteiger partial charge is 0.236 e. The van der Waals surface area contributed by atoms with Crippen molar-refractivity contribution in [1.82, 2.24) is 9.97 Å². The molecule has 0 N–H and O–H groups in total. The van der Waals surface area contributed by atoms with Gasteiger partial charge in [-0.1, -0.05) is 89.5 Å². The molecule has 2 heteroatoms. The Morgan fingerprint density at radius 1 is 0.733 bits per heavy atom. The highest BCUT2D eigenvalue weighted by molar-refractivity contribution is 5.55. The standard InChI is InChI=1S/C28H42N2/c1-3-5-7-8-10-12-24-13-17-25(18-14-24)27-21-29-28(30-22-27)26-19-15-23(16-20-26)11-9-6-4-2/h15-16,19-22,24-25H,3-14,17-18H2,1-2H3/t24-,25-. The number of rotatable bonds is 12. The third-order valence-electron chi connectivity index (χ3n) is 6.99. The quantitative estimate of drug-likeness (QED) is 0.330. The Kier molecular flexibility index (Phi) is 9.86. The van der Waals surface area contributed by atoms with Crippen LogP contribution >= 0.6 is 0 Å². The molecule has 0 atom stereocenters. The number of hydrogen-bond donors (Lipinski definition) is 0. The van der Waals surface area contributed by atoms with Gasteiger partial charge in [-0.05, 0) is 61.5 Å². The van der Waals surface area contributed by atoms with E-state index in [9.17, 15) is 0 Å². The molecule has 1 aromatic carbocycles. The Morgan fingerprint density at radius 2 is 1.37 bits per heavy atom. The van der Waals surface area contributed by atoms with Gasteiger partial charge in [0.15, 0.2) is 5.82 Å². The number of benzene rings is 1. The fraction of sp³-hybridized carbons (Fsp3) is 0.643. The van der Waals surface area contributed by atoms with Gasteiger partial charge < -0.3 is 0 Å². The molecule has 0 bridgehead atoms. The first-order valence-electron chi connectivity index (χ1n) is 12.7. The summed E-state index contributed by atoms with van der Waals surface area (Å²) in [6.07, 6.45) is 23.1. The van der Waals surface area contributed by atoms with E-state index >= 15 is 0 Å². The van der Waals surface area contributed by atoms with E-state index in [0.29, 0.717) is 5.92 Å². The van der Waals surface area contributed by atoms with Gasteiger partial charge in [0.1, 0.15) is 0 Å². The highest BCUT2D eigenvalue weighted by Gasteiger charge is 2.22.